The lowest BCUT2D eigenvalue weighted by Gasteiger charge is -2.37. The highest BCUT2D eigenvalue weighted by Gasteiger charge is 2.45. The summed E-state index contributed by atoms with van der Waals surface area (Å²) in [5, 5.41) is 28.0. The first-order valence-corrected chi connectivity index (χ1v) is 4.26. The largest absolute Gasteiger partial charge is 0.467 e. The summed E-state index contributed by atoms with van der Waals surface area (Å²) in [5.41, 5.74) is 0. The van der Waals surface area contributed by atoms with Gasteiger partial charge in [0, 0.05) is 0 Å². The maximum Gasteiger partial charge on any atom is 0.337 e. The van der Waals surface area contributed by atoms with Crippen molar-refractivity contribution in [3.05, 3.63) is 0 Å². The van der Waals surface area contributed by atoms with Gasteiger partial charge in [0.15, 0.2) is 6.10 Å². The summed E-state index contributed by atoms with van der Waals surface area (Å²) in [5.74, 6) is -0.768. The van der Waals surface area contributed by atoms with Crippen molar-refractivity contribution in [1.82, 2.24) is 0 Å². The van der Waals surface area contributed by atoms with Gasteiger partial charge in [0.2, 0.25) is 0 Å². The molecule has 3 N–H and O–H groups in total. The number of hydrogen-bond donors (Lipinski definition) is 3. The van der Waals surface area contributed by atoms with E-state index < -0.39 is 36.5 Å². The second-order valence-electron chi connectivity index (χ2n) is 3.26. The third-order valence-electron chi connectivity index (χ3n) is 2.29. The number of esters is 1. The van der Waals surface area contributed by atoms with E-state index in [1.807, 2.05) is 0 Å². The highest BCUT2D eigenvalue weighted by Crippen LogP contribution is 2.21. The monoisotopic (exact) mass is 206 g/mol. The molecule has 0 bridgehead atoms. The zero-order valence-corrected chi connectivity index (χ0v) is 7.95. The van der Waals surface area contributed by atoms with E-state index in [0.717, 1.165) is 7.11 Å². The highest BCUT2D eigenvalue weighted by molar-refractivity contribution is 5.75. The first-order chi connectivity index (χ1) is 6.49. The Bertz CT molecular complexity index is 218. The van der Waals surface area contributed by atoms with Crippen LogP contribution in [0.25, 0.3) is 0 Å². The van der Waals surface area contributed by atoms with E-state index in [1.165, 1.54) is 6.92 Å². The molecule has 1 saturated heterocycles. The van der Waals surface area contributed by atoms with Crippen LogP contribution in [-0.2, 0) is 14.3 Å². The van der Waals surface area contributed by atoms with Crippen molar-refractivity contribution in [2.45, 2.75) is 37.4 Å². The van der Waals surface area contributed by atoms with Crippen LogP contribution in [0.2, 0.25) is 0 Å². The molecule has 14 heavy (non-hydrogen) atoms. The van der Waals surface area contributed by atoms with Gasteiger partial charge in [0.05, 0.1) is 13.2 Å². The van der Waals surface area contributed by atoms with E-state index >= 15 is 0 Å². The third kappa shape index (κ3) is 1.88. The van der Waals surface area contributed by atoms with Crippen molar-refractivity contribution in [1.29, 1.82) is 0 Å². The Kier molecular flexibility index (Phi) is 3.43. The molecule has 0 aliphatic carbocycles. The molecule has 5 atom stereocenters. The molecular formula is C8H14O6. The van der Waals surface area contributed by atoms with Crippen LogP contribution >= 0.6 is 0 Å². The van der Waals surface area contributed by atoms with Crippen LogP contribution in [-0.4, -0.2) is 58.9 Å². The average molecular weight is 206 g/mol. The first-order valence-electron chi connectivity index (χ1n) is 4.26. The second-order valence-corrected chi connectivity index (χ2v) is 3.26. The Morgan fingerprint density at radius 2 is 1.79 bits per heavy atom. The summed E-state index contributed by atoms with van der Waals surface area (Å²) in [7, 11) is 1.15. The summed E-state index contributed by atoms with van der Waals surface area (Å²) in [4.78, 5) is 11.1. The van der Waals surface area contributed by atoms with Crippen molar-refractivity contribution in [2.75, 3.05) is 7.11 Å². The fraction of sp³-hybridized carbons (Fsp3) is 0.875. The molecule has 0 aromatic heterocycles. The van der Waals surface area contributed by atoms with Crippen LogP contribution in [0.5, 0.6) is 0 Å². The maximum absolute atomic E-state index is 11.1. The fourth-order valence-corrected chi connectivity index (χ4v) is 1.36. The Morgan fingerprint density at radius 3 is 2.29 bits per heavy atom. The van der Waals surface area contributed by atoms with Gasteiger partial charge in [0.1, 0.15) is 18.3 Å². The lowest BCUT2D eigenvalue weighted by atomic mass is 9.96. The molecule has 1 aliphatic heterocycles. The quantitative estimate of drug-likeness (QED) is 0.431. The van der Waals surface area contributed by atoms with Gasteiger partial charge in [-0.25, -0.2) is 4.79 Å². The van der Waals surface area contributed by atoms with Gasteiger partial charge < -0.3 is 24.8 Å². The minimum Gasteiger partial charge on any atom is -0.467 e. The Morgan fingerprint density at radius 1 is 1.21 bits per heavy atom. The Hall–Kier alpha value is -0.690. The van der Waals surface area contributed by atoms with Gasteiger partial charge in [-0.3, -0.25) is 0 Å². The number of carbonyl (C=O) groups excluding carboxylic acids is 1. The smallest absolute Gasteiger partial charge is 0.337 e. The van der Waals surface area contributed by atoms with Crippen molar-refractivity contribution in [2.24, 2.45) is 0 Å². The molecule has 0 saturated carbocycles. The average Bonchev–Trinajstić information content (AvgIpc) is 2.19. The SMILES string of the molecule is COC(=O)[C@@H]1O[C@@H](C)[C@@H](O)[C@@H](O)[C@@H]1O. The van der Waals surface area contributed by atoms with Crippen molar-refractivity contribution < 1.29 is 29.6 Å². The van der Waals surface area contributed by atoms with E-state index in [0.29, 0.717) is 0 Å². The molecule has 1 rings (SSSR count). The summed E-state index contributed by atoms with van der Waals surface area (Å²) in [6, 6.07) is 0. The molecule has 1 heterocycles. The van der Waals surface area contributed by atoms with Gasteiger partial charge in [-0.05, 0) is 6.92 Å². The van der Waals surface area contributed by atoms with Gasteiger partial charge in [0.25, 0.3) is 0 Å². The molecule has 6 nitrogen and oxygen atoms in total. The molecule has 6 heteroatoms. The molecule has 1 fully saturated rings. The maximum atomic E-state index is 11.1. The van der Waals surface area contributed by atoms with E-state index in [4.69, 9.17) is 4.74 Å². The van der Waals surface area contributed by atoms with Crippen molar-refractivity contribution in [3.63, 3.8) is 0 Å². The van der Waals surface area contributed by atoms with Crippen LogP contribution in [0.15, 0.2) is 0 Å². The van der Waals surface area contributed by atoms with Crippen LogP contribution in [0.1, 0.15) is 6.92 Å². The zero-order valence-electron chi connectivity index (χ0n) is 7.95. The number of ether oxygens (including phenoxy) is 2. The van der Waals surface area contributed by atoms with E-state index in [2.05, 4.69) is 4.74 Å². The fourth-order valence-electron chi connectivity index (χ4n) is 1.36. The Balaban J connectivity index is 2.75. The number of rotatable bonds is 1. The minimum absolute atomic E-state index is 0.725. The van der Waals surface area contributed by atoms with Gasteiger partial charge in [-0.2, -0.15) is 0 Å². The van der Waals surface area contributed by atoms with E-state index in [9.17, 15) is 20.1 Å². The molecular weight excluding hydrogens is 192 g/mol. The molecule has 0 spiro atoms. The predicted molar refractivity (Wildman–Crippen MR) is 44.4 cm³/mol. The van der Waals surface area contributed by atoms with Crippen LogP contribution in [0.4, 0.5) is 0 Å². The molecule has 0 aromatic carbocycles. The normalized spacial score (nSPS) is 43.4. The third-order valence-corrected chi connectivity index (χ3v) is 2.29. The number of methoxy groups -OCH3 is 1. The molecule has 0 unspecified atom stereocenters. The standard InChI is InChI=1S/C8H14O6/c1-3-4(9)5(10)6(11)7(14-3)8(12)13-2/h3-7,9-11H,1-2H3/t3-,4+,5+,6-,7+/m0/s1. The summed E-state index contributed by atoms with van der Waals surface area (Å²) in [6.07, 6.45) is -6.03. The van der Waals surface area contributed by atoms with Gasteiger partial charge >= 0.3 is 5.97 Å². The number of aliphatic hydroxyl groups excluding tert-OH is 3. The number of aliphatic hydroxyl groups is 3. The van der Waals surface area contributed by atoms with Crippen molar-refractivity contribution >= 4 is 5.97 Å². The molecule has 1 aliphatic rings. The molecule has 0 aromatic rings. The predicted octanol–water partition coefficient (Wildman–Crippen LogP) is -1.97. The van der Waals surface area contributed by atoms with Crippen LogP contribution < -0.4 is 0 Å². The Labute approximate surface area is 81.1 Å². The van der Waals surface area contributed by atoms with E-state index in [-0.39, 0.29) is 0 Å². The molecule has 0 amide bonds. The van der Waals surface area contributed by atoms with Crippen molar-refractivity contribution in [3.8, 4) is 0 Å². The van der Waals surface area contributed by atoms with Gasteiger partial charge in [-0.15, -0.1) is 0 Å². The topological polar surface area (TPSA) is 96.2 Å². The number of hydrogen-bond acceptors (Lipinski definition) is 6. The molecule has 0 radical (unpaired) electrons. The second kappa shape index (κ2) is 4.22. The molecule has 82 valence electrons. The van der Waals surface area contributed by atoms with Crippen LogP contribution in [0.3, 0.4) is 0 Å². The summed E-state index contributed by atoms with van der Waals surface area (Å²) in [6.45, 7) is 1.50. The zero-order chi connectivity index (χ0) is 10.9. The first kappa shape index (κ1) is 11.4. The van der Waals surface area contributed by atoms with E-state index in [1.54, 1.807) is 0 Å². The van der Waals surface area contributed by atoms with Crippen LogP contribution in [0, 0.1) is 0 Å². The van der Waals surface area contributed by atoms with Gasteiger partial charge in [-0.1, -0.05) is 0 Å². The number of carbonyl (C=O) groups is 1. The summed E-state index contributed by atoms with van der Waals surface area (Å²) >= 11 is 0. The lowest BCUT2D eigenvalue weighted by Crippen LogP contribution is -2.59. The minimum atomic E-state index is -1.46. The highest BCUT2D eigenvalue weighted by atomic mass is 16.6. The lowest BCUT2D eigenvalue weighted by molar-refractivity contribution is -0.225. The summed E-state index contributed by atoms with van der Waals surface area (Å²) < 4.78 is 9.37.